The van der Waals surface area contributed by atoms with Crippen LogP contribution in [-0.4, -0.2) is 19.6 Å². The van der Waals surface area contributed by atoms with Crippen molar-refractivity contribution < 1.29 is 9.53 Å². The molecule has 23 heavy (non-hydrogen) atoms. The number of carbonyl (C=O) groups excluding carboxylic acids is 1. The van der Waals surface area contributed by atoms with Crippen molar-refractivity contribution in [1.29, 1.82) is 5.26 Å². The third kappa shape index (κ3) is 4.58. The fourth-order valence-corrected chi connectivity index (χ4v) is 2.22. The van der Waals surface area contributed by atoms with Gasteiger partial charge in [-0.2, -0.15) is 5.26 Å². The van der Waals surface area contributed by atoms with Gasteiger partial charge in [-0.1, -0.05) is 24.3 Å². The third-order valence-electron chi connectivity index (χ3n) is 3.62. The van der Waals surface area contributed by atoms with Gasteiger partial charge in [0.05, 0.1) is 18.2 Å². The molecule has 0 unspecified atom stereocenters. The Labute approximate surface area is 136 Å². The Balaban J connectivity index is 1.82. The Kier molecular flexibility index (Phi) is 5.76. The van der Waals surface area contributed by atoms with Crippen molar-refractivity contribution in [2.45, 2.75) is 19.8 Å². The van der Waals surface area contributed by atoms with Gasteiger partial charge in [0.1, 0.15) is 5.75 Å². The van der Waals surface area contributed by atoms with Gasteiger partial charge in [-0.3, -0.25) is 4.79 Å². The minimum Gasteiger partial charge on any atom is -0.493 e. The van der Waals surface area contributed by atoms with E-state index in [0.29, 0.717) is 25.0 Å². The lowest BCUT2D eigenvalue weighted by Crippen LogP contribution is -2.26. The fraction of sp³-hybridized carbons (Fsp3) is 0.263. The summed E-state index contributed by atoms with van der Waals surface area (Å²) in [5.74, 6) is 0.864. The molecule has 0 radical (unpaired) electrons. The van der Waals surface area contributed by atoms with Crippen LogP contribution < -0.4 is 9.64 Å². The number of para-hydroxylation sites is 1. The summed E-state index contributed by atoms with van der Waals surface area (Å²) < 4.78 is 5.70. The van der Waals surface area contributed by atoms with Gasteiger partial charge in [-0.05, 0) is 43.2 Å². The van der Waals surface area contributed by atoms with E-state index in [-0.39, 0.29) is 5.91 Å². The lowest BCUT2D eigenvalue weighted by atomic mass is 10.2. The van der Waals surface area contributed by atoms with Crippen LogP contribution in [0.4, 0.5) is 5.69 Å². The average molecular weight is 308 g/mol. The van der Waals surface area contributed by atoms with Crippen LogP contribution in [0.2, 0.25) is 0 Å². The van der Waals surface area contributed by atoms with Crippen molar-refractivity contribution in [1.82, 2.24) is 0 Å². The summed E-state index contributed by atoms with van der Waals surface area (Å²) in [7, 11) is 1.72. The molecule has 0 fully saturated rings. The van der Waals surface area contributed by atoms with E-state index in [9.17, 15) is 4.79 Å². The van der Waals surface area contributed by atoms with Crippen molar-refractivity contribution in [3.63, 3.8) is 0 Å². The molecule has 4 nitrogen and oxygen atoms in total. The highest BCUT2D eigenvalue weighted by molar-refractivity contribution is 5.92. The molecule has 0 saturated heterocycles. The van der Waals surface area contributed by atoms with E-state index in [1.807, 2.05) is 37.3 Å². The summed E-state index contributed by atoms with van der Waals surface area (Å²) >= 11 is 0. The van der Waals surface area contributed by atoms with E-state index < -0.39 is 0 Å². The Morgan fingerprint density at radius 2 is 2.00 bits per heavy atom. The van der Waals surface area contributed by atoms with Gasteiger partial charge in [0.15, 0.2) is 0 Å². The molecule has 2 rings (SSSR count). The lowest BCUT2D eigenvalue weighted by Gasteiger charge is -2.17. The molecule has 2 aromatic carbocycles. The second kappa shape index (κ2) is 8.00. The van der Waals surface area contributed by atoms with Crippen LogP contribution in [0.1, 0.15) is 24.0 Å². The van der Waals surface area contributed by atoms with Gasteiger partial charge in [0.25, 0.3) is 0 Å². The number of hydrogen-bond acceptors (Lipinski definition) is 3. The number of nitriles is 1. The molecular formula is C19H20N2O2. The molecule has 2 aromatic rings. The van der Waals surface area contributed by atoms with Crippen molar-refractivity contribution in [2.24, 2.45) is 0 Å². The minimum atomic E-state index is 0.00785. The number of hydrogen-bond donors (Lipinski definition) is 0. The van der Waals surface area contributed by atoms with Crippen LogP contribution in [0.25, 0.3) is 0 Å². The molecule has 0 aliphatic heterocycles. The zero-order chi connectivity index (χ0) is 16.7. The maximum absolute atomic E-state index is 12.2. The summed E-state index contributed by atoms with van der Waals surface area (Å²) in [5.41, 5.74) is 2.36. The Morgan fingerprint density at radius 3 is 2.74 bits per heavy atom. The molecule has 0 spiro atoms. The van der Waals surface area contributed by atoms with Gasteiger partial charge in [0.2, 0.25) is 5.91 Å². The molecule has 1 amide bonds. The number of amides is 1. The minimum absolute atomic E-state index is 0.00785. The summed E-state index contributed by atoms with van der Waals surface area (Å²) in [5, 5.41) is 8.92. The van der Waals surface area contributed by atoms with E-state index in [2.05, 4.69) is 6.07 Å². The van der Waals surface area contributed by atoms with Crippen molar-refractivity contribution in [2.75, 3.05) is 18.6 Å². The molecule has 0 heterocycles. The Morgan fingerprint density at radius 1 is 1.22 bits per heavy atom. The summed E-state index contributed by atoms with van der Waals surface area (Å²) in [6, 6.07) is 16.9. The normalized spacial score (nSPS) is 9.96. The van der Waals surface area contributed by atoms with Crippen molar-refractivity contribution in [3.8, 4) is 11.8 Å². The second-order valence-corrected chi connectivity index (χ2v) is 5.33. The number of ether oxygens (including phenoxy) is 1. The Bertz CT molecular complexity index is 719. The van der Waals surface area contributed by atoms with E-state index in [0.717, 1.165) is 17.0 Å². The molecule has 0 atom stereocenters. The first kappa shape index (κ1) is 16.6. The number of carbonyl (C=O) groups is 1. The number of anilines is 1. The smallest absolute Gasteiger partial charge is 0.226 e. The van der Waals surface area contributed by atoms with Crippen LogP contribution >= 0.6 is 0 Å². The summed E-state index contributed by atoms with van der Waals surface area (Å²) in [6.45, 7) is 2.50. The molecule has 118 valence electrons. The topological polar surface area (TPSA) is 53.3 Å². The zero-order valence-corrected chi connectivity index (χ0v) is 13.5. The largest absolute Gasteiger partial charge is 0.493 e. The first-order chi connectivity index (χ1) is 11.1. The monoisotopic (exact) mass is 308 g/mol. The predicted molar refractivity (Wildman–Crippen MR) is 90.5 cm³/mol. The van der Waals surface area contributed by atoms with Gasteiger partial charge in [0, 0.05) is 19.2 Å². The third-order valence-corrected chi connectivity index (χ3v) is 3.62. The van der Waals surface area contributed by atoms with E-state index in [1.165, 1.54) is 0 Å². The molecule has 4 heteroatoms. The Hall–Kier alpha value is -2.80. The number of nitrogens with zero attached hydrogens (tertiary/aromatic N) is 2. The highest BCUT2D eigenvalue weighted by atomic mass is 16.5. The summed E-state index contributed by atoms with van der Waals surface area (Å²) in [4.78, 5) is 13.8. The van der Waals surface area contributed by atoms with Gasteiger partial charge in [-0.15, -0.1) is 0 Å². The highest BCUT2D eigenvalue weighted by Gasteiger charge is 2.11. The van der Waals surface area contributed by atoms with Gasteiger partial charge >= 0.3 is 0 Å². The van der Waals surface area contributed by atoms with E-state index in [1.54, 1.807) is 30.1 Å². The SMILES string of the molecule is Cc1ccccc1OCCCC(=O)N(C)c1cccc(C#N)c1. The fourth-order valence-electron chi connectivity index (χ4n) is 2.22. The first-order valence-electron chi connectivity index (χ1n) is 7.57. The van der Waals surface area contributed by atoms with E-state index in [4.69, 9.17) is 10.00 Å². The molecule has 0 bridgehead atoms. The zero-order valence-electron chi connectivity index (χ0n) is 13.5. The number of benzene rings is 2. The van der Waals surface area contributed by atoms with Crippen LogP contribution in [0, 0.1) is 18.3 Å². The number of aryl methyl sites for hydroxylation is 1. The molecule has 0 aromatic heterocycles. The maximum Gasteiger partial charge on any atom is 0.226 e. The highest BCUT2D eigenvalue weighted by Crippen LogP contribution is 2.18. The van der Waals surface area contributed by atoms with E-state index >= 15 is 0 Å². The average Bonchev–Trinajstić information content (AvgIpc) is 2.59. The lowest BCUT2D eigenvalue weighted by molar-refractivity contribution is -0.118. The maximum atomic E-state index is 12.2. The molecule has 0 aliphatic carbocycles. The van der Waals surface area contributed by atoms with Crippen LogP contribution in [-0.2, 0) is 4.79 Å². The molecular weight excluding hydrogens is 288 g/mol. The quantitative estimate of drug-likeness (QED) is 0.765. The molecule has 0 aliphatic rings. The van der Waals surface area contributed by atoms with Gasteiger partial charge < -0.3 is 9.64 Å². The molecule has 0 saturated carbocycles. The number of rotatable bonds is 6. The predicted octanol–water partition coefficient (Wildman–Crippen LogP) is 3.69. The summed E-state index contributed by atoms with van der Waals surface area (Å²) in [6.07, 6.45) is 1.05. The molecule has 0 N–H and O–H groups in total. The second-order valence-electron chi connectivity index (χ2n) is 5.33. The van der Waals surface area contributed by atoms with Gasteiger partial charge in [-0.25, -0.2) is 0 Å². The van der Waals surface area contributed by atoms with Crippen LogP contribution in [0.3, 0.4) is 0 Å². The van der Waals surface area contributed by atoms with Crippen LogP contribution in [0.5, 0.6) is 5.75 Å². The van der Waals surface area contributed by atoms with Crippen molar-refractivity contribution >= 4 is 11.6 Å². The first-order valence-corrected chi connectivity index (χ1v) is 7.57. The van der Waals surface area contributed by atoms with Crippen molar-refractivity contribution in [3.05, 3.63) is 59.7 Å². The van der Waals surface area contributed by atoms with Crippen LogP contribution in [0.15, 0.2) is 48.5 Å². The standard InChI is InChI=1S/C19H20N2O2/c1-15-7-3-4-10-18(15)23-12-6-11-19(22)21(2)17-9-5-8-16(13-17)14-20/h3-5,7-10,13H,6,11-12H2,1-2H3.